The van der Waals surface area contributed by atoms with Crippen molar-refractivity contribution in [3.05, 3.63) is 23.6 Å². The molecule has 0 bridgehead atoms. The first kappa shape index (κ1) is 8.30. The van der Waals surface area contributed by atoms with Gasteiger partial charge in [-0.1, -0.05) is 6.08 Å². The molecule has 0 atom stereocenters. The zero-order chi connectivity index (χ0) is 8.48. The van der Waals surface area contributed by atoms with Gasteiger partial charge in [0.15, 0.2) is 0 Å². The summed E-state index contributed by atoms with van der Waals surface area (Å²) in [5.41, 5.74) is -0.654. The van der Waals surface area contributed by atoms with E-state index in [1.165, 1.54) is 0 Å². The Morgan fingerprint density at radius 3 is 2.09 bits per heavy atom. The first-order valence-electron chi connectivity index (χ1n) is 3.12. The first-order chi connectivity index (χ1) is 5.00. The van der Waals surface area contributed by atoms with E-state index in [1.54, 1.807) is 0 Å². The van der Waals surface area contributed by atoms with Gasteiger partial charge in [-0.05, 0) is 12.5 Å². The van der Waals surface area contributed by atoms with Crippen molar-refractivity contribution in [1.82, 2.24) is 0 Å². The minimum atomic E-state index is -4.29. The third-order valence-electron chi connectivity index (χ3n) is 1.46. The molecule has 0 aromatic rings. The fraction of sp³-hybridized carbons (Fsp3) is 0.429. The molecule has 0 saturated carbocycles. The molecule has 0 nitrogen and oxygen atoms in total. The molecule has 0 heterocycles. The Morgan fingerprint density at radius 2 is 1.73 bits per heavy atom. The number of rotatable bonds is 0. The van der Waals surface area contributed by atoms with Crippen molar-refractivity contribution in [3.8, 4) is 0 Å². The predicted octanol–water partition coefficient (Wildman–Crippen LogP) is 3.12. The summed E-state index contributed by atoms with van der Waals surface area (Å²) in [6, 6.07) is 0. The Labute approximate surface area is 61.2 Å². The van der Waals surface area contributed by atoms with Crippen molar-refractivity contribution in [1.29, 1.82) is 0 Å². The molecular weight excluding hydrogens is 160 g/mol. The van der Waals surface area contributed by atoms with Gasteiger partial charge in [0.1, 0.15) is 5.83 Å². The van der Waals surface area contributed by atoms with Crippen molar-refractivity contribution >= 4 is 0 Å². The van der Waals surface area contributed by atoms with Crippen LogP contribution in [-0.2, 0) is 0 Å². The van der Waals surface area contributed by atoms with Crippen LogP contribution in [0.3, 0.4) is 0 Å². The van der Waals surface area contributed by atoms with Crippen LogP contribution in [0, 0.1) is 0 Å². The Bertz CT molecular complexity index is 209. The molecule has 4 heteroatoms. The molecule has 0 fully saturated rings. The molecule has 0 radical (unpaired) electrons. The smallest absolute Gasteiger partial charge is 0.212 e. The van der Waals surface area contributed by atoms with Gasteiger partial charge < -0.3 is 0 Å². The molecule has 0 saturated heterocycles. The SMILES string of the molecule is FC1=CC=C(C(F)(F)F)CC1. The second-order valence-corrected chi connectivity index (χ2v) is 2.30. The van der Waals surface area contributed by atoms with Gasteiger partial charge in [-0.15, -0.1) is 0 Å². The zero-order valence-corrected chi connectivity index (χ0v) is 5.58. The second kappa shape index (κ2) is 2.68. The van der Waals surface area contributed by atoms with Gasteiger partial charge in [0, 0.05) is 12.0 Å². The summed E-state index contributed by atoms with van der Waals surface area (Å²) in [6.45, 7) is 0. The summed E-state index contributed by atoms with van der Waals surface area (Å²) in [5.74, 6) is -0.488. The van der Waals surface area contributed by atoms with Crippen molar-refractivity contribution < 1.29 is 17.6 Å². The second-order valence-electron chi connectivity index (χ2n) is 2.30. The maximum absolute atomic E-state index is 12.2. The van der Waals surface area contributed by atoms with Crippen LogP contribution in [0.15, 0.2) is 23.6 Å². The average Bonchev–Trinajstić information content (AvgIpc) is 1.86. The lowest BCUT2D eigenvalue weighted by atomic mass is 10.0. The highest BCUT2D eigenvalue weighted by atomic mass is 19.4. The molecule has 62 valence electrons. The molecule has 0 spiro atoms. The summed E-state index contributed by atoms with van der Waals surface area (Å²) < 4.78 is 47.7. The maximum atomic E-state index is 12.2. The van der Waals surface area contributed by atoms with E-state index in [1.807, 2.05) is 0 Å². The summed E-state index contributed by atoms with van der Waals surface area (Å²) in [7, 11) is 0. The minimum absolute atomic E-state index is 0.134. The highest BCUT2D eigenvalue weighted by molar-refractivity contribution is 5.23. The van der Waals surface area contributed by atoms with E-state index < -0.39 is 17.6 Å². The minimum Gasteiger partial charge on any atom is -0.212 e. The highest BCUT2D eigenvalue weighted by Gasteiger charge is 2.33. The van der Waals surface area contributed by atoms with Gasteiger partial charge >= 0.3 is 6.18 Å². The van der Waals surface area contributed by atoms with Crippen LogP contribution >= 0.6 is 0 Å². The predicted molar refractivity (Wildman–Crippen MR) is 32.6 cm³/mol. The Kier molecular flexibility index (Phi) is 2.02. The molecule has 1 aliphatic rings. The number of halogens is 4. The van der Waals surface area contributed by atoms with Gasteiger partial charge in [-0.3, -0.25) is 0 Å². The number of hydrogen-bond donors (Lipinski definition) is 0. The highest BCUT2D eigenvalue weighted by Crippen LogP contribution is 2.32. The lowest BCUT2D eigenvalue weighted by Crippen LogP contribution is -2.13. The molecule has 0 unspecified atom stereocenters. The van der Waals surface area contributed by atoms with Crippen LogP contribution in [0.1, 0.15) is 12.8 Å². The molecule has 0 aliphatic heterocycles. The lowest BCUT2D eigenvalue weighted by Gasteiger charge is -2.12. The molecule has 0 amide bonds. The summed E-state index contributed by atoms with van der Waals surface area (Å²) in [6.07, 6.45) is -3.01. The standard InChI is InChI=1S/C7H6F4/c8-6-3-1-5(2-4-6)7(9,10)11/h1,3H,2,4H2. The fourth-order valence-corrected chi connectivity index (χ4v) is 0.848. The molecule has 1 rings (SSSR count). The third-order valence-corrected chi connectivity index (χ3v) is 1.46. The van der Waals surface area contributed by atoms with E-state index in [4.69, 9.17) is 0 Å². The van der Waals surface area contributed by atoms with Crippen molar-refractivity contribution in [2.75, 3.05) is 0 Å². The Morgan fingerprint density at radius 1 is 1.09 bits per heavy atom. The van der Waals surface area contributed by atoms with Crippen LogP contribution in [0.2, 0.25) is 0 Å². The Balaban J connectivity index is 2.77. The van der Waals surface area contributed by atoms with Gasteiger partial charge in [0.05, 0.1) is 0 Å². The largest absolute Gasteiger partial charge is 0.412 e. The van der Waals surface area contributed by atoms with Crippen molar-refractivity contribution in [3.63, 3.8) is 0 Å². The van der Waals surface area contributed by atoms with Gasteiger partial charge in [0.25, 0.3) is 0 Å². The Hall–Kier alpha value is -0.800. The van der Waals surface area contributed by atoms with Crippen LogP contribution in [0.25, 0.3) is 0 Å². The monoisotopic (exact) mass is 166 g/mol. The summed E-state index contributed by atoms with van der Waals surface area (Å²) in [5, 5.41) is 0. The summed E-state index contributed by atoms with van der Waals surface area (Å²) >= 11 is 0. The molecule has 0 N–H and O–H groups in total. The molecule has 1 aliphatic carbocycles. The van der Waals surface area contributed by atoms with E-state index in [2.05, 4.69) is 0 Å². The van der Waals surface area contributed by atoms with E-state index in [-0.39, 0.29) is 12.8 Å². The number of alkyl halides is 3. The topological polar surface area (TPSA) is 0 Å². The van der Waals surface area contributed by atoms with Crippen LogP contribution in [0.5, 0.6) is 0 Å². The number of hydrogen-bond acceptors (Lipinski definition) is 0. The van der Waals surface area contributed by atoms with Crippen molar-refractivity contribution in [2.45, 2.75) is 19.0 Å². The lowest BCUT2D eigenvalue weighted by molar-refractivity contribution is -0.0942. The first-order valence-corrected chi connectivity index (χ1v) is 3.12. The molecule has 0 aromatic heterocycles. The quantitative estimate of drug-likeness (QED) is 0.485. The van der Waals surface area contributed by atoms with E-state index in [0.29, 0.717) is 0 Å². The van der Waals surface area contributed by atoms with Gasteiger partial charge in [-0.25, -0.2) is 4.39 Å². The maximum Gasteiger partial charge on any atom is 0.412 e. The van der Waals surface area contributed by atoms with E-state index >= 15 is 0 Å². The average molecular weight is 166 g/mol. The summed E-state index contributed by atoms with van der Waals surface area (Å²) in [4.78, 5) is 0. The van der Waals surface area contributed by atoms with Crippen LogP contribution < -0.4 is 0 Å². The van der Waals surface area contributed by atoms with Gasteiger partial charge in [-0.2, -0.15) is 13.2 Å². The number of allylic oxidation sites excluding steroid dienone is 4. The fourth-order valence-electron chi connectivity index (χ4n) is 0.848. The van der Waals surface area contributed by atoms with E-state index in [9.17, 15) is 17.6 Å². The molecule has 0 aromatic carbocycles. The van der Waals surface area contributed by atoms with Crippen LogP contribution in [-0.4, -0.2) is 6.18 Å². The zero-order valence-electron chi connectivity index (χ0n) is 5.58. The molecule has 11 heavy (non-hydrogen) atoms. The van der Waals surface area contributed by atoms with Gasteiger partial charge in [0.2, 0.25) is 0 Å². The third kappa shape index (κ3) is 2.06. The van der Waals surface area contributed by atoms with E-state index in [0.717, 1.165) is 12.2 Å². The van der Waals surface area contributed by atoms with Crippen molar-refractivity contribution in [2.24, 2.45) is 0 Å². The van der Waals surface area contributed by atoms with Crippen LogP contribution in [0.4, 0.5) is 17.6 Å². The molecular formula is C7H6F4. The normalized spacial score (nSPS) is 19.3.